The maximum absolute atomic E-state index is 12.2. The second kappa shape index (κ2) is 8.18. The Morgan fingerprint density at radius 1 is 1.04 bits per heavy atom. The fourth-order valence-corrected chi connectivity index (χ4v) is 2.91. The number of carbonyl (C=O) groups is 2. The fourth-order valence-electron chi connectivity index (χ4n) is 2.08. The Balaban J connectivity index is 1.82. The van der Waals surface area contributed by atoms with E-state index in [9.17, 15) is 9.59 Å². The highest BCUT2D eigenvalue weighted by atomic mass is 35.5. The number of rotatable bonds is 6. The first-order valence-electron chi connectivity index (χ1n) is 7.19. The minimum Gasteiger partial charge on any atom is -0.325 e. The average molecular weight is 348 g/mol. The van der Waals surface area contributed by atoms with Gasteiger partial charge in [-0.2, -0.15) is 0 Å². The molecule has 2 rings (SSSR count). The van der Waals surface area contributed by atoms with Crippen molar-refractivity contribution in [3.63, 3.8) is 0 Å². The number of halogens is 1. The van der Waals surface area contributed by atoms with E-state index in [1.807, 2.05) is 32.0 Å². The topological polar surface area (TPSA) is 46.2 Å². The molecule has 0 heterocycles. The van der Waals surface area contributed by atoms with Gasteiger partial charge in [0.2, 0.25) is 5.91 Å². The number of anilines is 1. The molecule has 0 fully saturated rings. The number of hydrogen-bond acceptors (Lipinski definition) is 3. The molecule has 0 aliphatic carbocycles. The lowest BCUT2D eigenvalue weighted by Gasteiger charge is -2.07. The summed E-state index contributed by atoms with van der Waals surface area (Å²) in [6.45, 7) is 3.88. The second-order valence-corrected chi connectivity index (χ2v) is 6.71. The molecule has 120 valence electrons. The fraction of sp³-hybridized carbons (Fsp3) is 0.222. The van der Waals surface area contributed by atoms with Crippen LogP contribution < -0.4 is 5.32 Å². The van der Waals surface area contributed by atoms with E-state index in [2.05, 4.69) is 5.32 Å². The summed E-state index contributed by atoms with van der Waals surface area (Å²) in [5.41, 5.74) is 3.45. The monoisotopic (exact) mass is 347 g/mol. The van der Waals surface area contributed by atoms with Gasteiger partial charge in [-0.05, 0) is 49.7 Å². The Morgan fingerprint density at radius 3 is 2.43 bits per heavy atom. The predicted octanol–water partition coefficient (Wildman–Crippen LogP) is 4.51. The normalized spacial score (nSPS) is 10.4. The molecule has 2 aromatic carbocycles. The first-order valence-corrected chi connectivity index (χ1v) is 8.72. The standard InChI is InChI=1S/C18H18ClNO2S/c1-12-3-4-13(2)16(9-12)17(21)10-23-11-18(22)20-15-7-5-14(19)6-8-15/h3-9H,10-11H2,1-2H3,(H,20,22). The van der Waals surface area contributed by atoms with Gasteiger partial charge in [0.15, 0.2) is 5.78 Å². The van der Waals surface area contributed by atoms with Gasteiger partial charge in [0.25, 0.3) is 0 Å². The molecule has 0 saturated heterocycles. The lowest BCUT2D eigenvalue weighted by atomic mass is 10.0. The Labute approximate surface area is 145 Å². The van der Waals surface area contributed by atoms with Gasteiger partial charge in [0, 0.05) is 16.3 Å². The summed E-state index contributed by atoms with van der Waals surface area (Å²) in [5, 5.41) is 3.40. The molecule has 0 atom stereocenters. The van der Waals surface area contributed by atoms with Crippen LogP contribution in [-0.2, 0) is 4.79 Å². The van der Waals surface area contributed by atoms with Crippen molar-refractivity contribution in [1.29, 1.82) is 0 Å². The van der Waals surface area contributed by atoms with Crippen molar-refractivity contribution < 1.29 is 9.59 Å². The van der Waals surface area contributed by atoms with E-state index in [1.165, 1.54) is 11.8 Å². The summed E-state index contributed by atoms with van der Waals surface area (Å²) in [5.74, 6) is 0.443. The molecule has 2 aromatic rings. The van der Waals surface area contributed by atoms with Gasteiger partial charge in [-0.3, -0.25) is 9.59 Å². The van der Waals surface area contributed by atoms with Crippen molar-refractivity contribution in [2.75, 3.05) is 16.8 Å². The van der Waals surface area contributed by atoms with Gasteiger partial charge in [-0.1, -0.05) is 29.3 Å². The molecule has 5 heteroatoms. The van der Waals surface area contributed by atoms with Crippen LogP contribution in [0.2, 0.25) is 5.02 Å². The maximum atomic E-state index is 12.2. The molecule has 0 bridgehead atoms. The average Bonchev–Trinajstić information content (AvgIpc) is 2.52. The van der Waals surface area contributed by atoms with Gasteiger partial charge in [0.1, 0.15) is 0 Å². The highest BCUT2D eigenvalue weighted by molar-refractivity contribution is 8.00. The summed E-state index contributed by atoms with van der Waals surface area (Å²) in [6, 6.07) is 12.7. The summed E-state index contributed by atoms with van der Waals surface area (Å²) >= 11 is 7.11. The molecule has 3 nitrogen and oxygen atoms in total. The smallest absolute Gasteiger partial charge is 0.234 e. The number of nitrogens with one attached hydrogen (secondary N) is 1. The Morgan fingerprint density at radius 2 is 1.74 bits per heavy atom. The zero-order chi connectivity index (χ0) is 16.8. The molecule has 1 N–H and O–H groups in total. The number of aryl methyl sites for hydroxylation is 2. The number of ketones is 1. The molecule has 0 aliphatic heterocycles. The SMILES string of the molecule is Cc1ccc(C)c(C(=O)CSCC(=O)Nc2ccc(Cl)cc2)c1. The Kier molecular flexibility index (Phi) is 6.25. The van der Waals surface area contributed by atoms with Gasteiger partial charge in [-0.15, -0.1) is 11.8 Å². The molecule has 0 aliphatic rings. The molecule has 0 aromatic heterocycles. The number of thioether (sulfide) groups is 1. The van der Waals surface area contributed by atoms with Gasteiger partial charge in [0.05, 0.1) is 11.5 Å². The van der Waals surface area contributed by atoms with Crippen LogP contribution in [0, 0.1) is 13.8 Å². The molecule has 0 saturated carbocycles. The van der Waals surface area contributed by atoms with Crippen LogP contribution in [-0.4, -0.2) is 23.2 Å². The van der Waals surface area contributed by atoms with E-state index >= 15 is 0 Å². The van der Waals surface area contributed by atoms with Crippen molar-refractivity contribution in [3.8, 4) is 0 Å². The zero-order valence-corrected chi connectivity index (χ0v) is 14.6. The van der Waals surface area contributed by atoms with Crippen LogP contribution in [0.5, 0.6) is 0 Å². The van der Waals surface area contributed by atoms with Crippen LogP contribution in [0.3, 0.4) is 0 Å². The molecule has 0 unspecified atom stereocenters. The minimum atomic E-state index is -0.133. The third kappa shape index (κ3) is 5.41. The van der Waals surface area contributed by atoms with Crippen molar-refractivity contribution in [1.82, 2.24) is 0 Å². The van der Waals surface area contributed by atoms with E-state index in [4.69, 9.17) is 11.6 Å². The zero-order valence-electron chi connectivity index (χ0n) is 13.1. The number of Topliss-reactive ketones (excluding diaryl/α,β-unsaturated/α-hetero) is 1. The van der Waals surface area contributed by atoms with Crippen LogP contribution in [0.25, 0.3) is 0 Å². The third-order valence-electron chi connectivity index (χ3n) is 3.29. The number of benzene rings is 2. The summed E-state index contributed by atoms with van der Waals surface area (Å²) < 4.78 is 0. The van der Waals surface area contributed by atoms with E-state index in [0.29, 0.717) is 16.5 Å². The van der Waals surface area contributed by atoms with Gasteiger partial charge >= 0.3 is 0 Å². The van der Waals surface area contributed by atoms with Crippen LogP contribution in [0.4, 0.5) is 5.69 Å². The lowest BCUT2D eigenvalue weighted by Crippen LogP contribution is -2.15. The van der Waals surface area contributed by atoms with Crippen LogP contribution in [0.15, 0.2) is 42.5 Å². The van der Waals surface area contributed by atoms with E-state index in [1.54, 1.807) is 24.3 Å². The van der Waals surface area contributed by atoms with E-state index in [-0.39, 0.29) is 17.4 Å². The van der Waals surface area contributed by atoms with Gasteiger partial charge < -0.3 is 5.32 Å². The highest BCUT2D eigenvalue weighted by Crippen LogP contribution is 2.16. The lowest BCUT2D eigenvalue weighted by molar-refractivity contribution is -0.113. The summed E-state index contributed by atoms with van der Waals surface area (Å²) in [6.07, 6.45) is 0. The van der Waals surface area contributed by atoms with E-state index in [0.717, 1.165) is 16.7 Å². The largest absolute Gasteiger partial charge is 0.325 e. The molecule has 23 heavy (non-hydrogen) atoms. The highest BCUT2D eigenvalue weighted by Gasteiger charge is 2.11. The Bertz CT molecular complexity index is 713. The third-order valence-corrected chi connectivity index (χ3v) is 4.47. The van der Waals surface area contributed by atoms with E-state index < -0.39 is 0 Å². The van der Waals surface area contributed by atoms with Crippen LogP contribution in [0.1, 0.15) is 21.5 Å². The Hall–Kier alpha value is -1.78. The van der Waals surface area contributed by atoms with Crippen molar-refractivity contribution >= 4 is 40.7 Å². The number of carbonyl (C=O) groups excluding carboxylic acids is 2. The molecule has 0 radical (unpaired) electrons. The van der Waals surface area contributed by atoms with Crippen molar-refractivity contribution in [2.45, 2.75) is 13.8 Å². The number of amides is 1. The maximum Gasteiger partial charge on any atom is 0.234 e. The summed E-state index contributed by atoms with van der Waals surface area (Å²) in [7, 11) is 0. The quantitative estimate of drug-likeness (QED) is 0.782. The first-order chi connectivity index (χ1) is 11.0. The second-order valence-electron chi connectivity index (χ2n) is 5.29. The molecule has 1 amide bonds. The predicted molar refractivity (Wildman–Crippen MR) is 97.7 cm³/mol. The number of hydrogen-bond donors (Lipinski definition) is 1. The van der Waals surface area contributed by atoms with Crippen LogP contribution >= 0.6 is 23.4 Å². The minimum absolute atomic E-state index is 0.0514. The summed E-state index contributed by atoms with van der Waals surface area (Å²) in [4.78, 5) is 24.1. The molecular weight excluding hydrogens is 330 g/mol. The first kappa shape index (κ1) is 17.6. The van der Waals surface area contributed by atoms with Crippen molar-refractivity contribution in [3.05, 3.63) is 64.2 Å². The van der Waals surface area contributed by atoms with Gasteiger partial charge in [-0.25, -0.2) is 0 Å². The van der Waals surface area contributed by atoms with Crippen molar-refractivity contribution in [2.24, 2.45) is 0 Å². The molecular formula is C18H18ClNO2S. The molecule has 0 spiro atoms.